The fourth-order valence-electron chi connectivity index (χ4n) is 4.11. The van der Waals surface area contributed by atoms with Crippen molar-refractivity contribution in [2.24, 2.45) is 17.6 Å². The van der Waals surface area contributed by atoms with Crippen LogP contribution in [-0.4, -0.2) is 42.6 Å². The Morgan fingerprint density at radius 3 is 2.64 bits per heavy atom. The molecule has 25 heavy (non-hydrogen) atoms. The van der Waals surface area contributed by atoms with Crippen molar-refractivity contribution in [2.45, 2.75) is 31.8 Å². The van der Waals surface area contributed by atoms with Gasteiger partial charge in [0.05, 0.1) is 12.6 Å². The van der Waals surface area contributed by atoms with E-state index in [1.165, 1.54) is 7.11 Å². The molecular formula is C21H28N2O2. The van der Waals surface area contributed by atoms with E-state index in [-0.39, 0.29) is 17.9 Å². The molecule has 1 aliphatic heterocycles. The molecule has 4 heteroatoms. The molecule has 3 atom stereocenters. The van der Waals surface area contributed by atoms with Crippen LogP contribution in [0.2, 0.25) is 0 Å². The van der Waals surface area contributed by atoms with Crippen LogP contribution in [-0.2, 0) is 9.53 Å². The first-order valence-corrected chi connectivity index (χ1v) is 8.94. The van der Waals surface area contributed by atoms with Gasteiger partial charge in [-0.3, -0.25) is 9.69 Å². The second kappa shape index (κ2) is 6.77. The molecule has 2 N–H and O–H groups in total. The minimum Gasteiger partial charge on any atom is -0.468 e. The number of fused-ring (bicyclic) bond motifs is 1. The van der Waals surface area contributed by atoms with Gasteiger partial charge in [0.1, 0.15) is 6.04 Å². The van der Waals surface area contributed by atoms with Crippen LogP contribution in [0.3, 0.4) is 0 Å². The second-order valence-electron chi connectivity index (χ2n) is 7.67. The number of hydrogen-bond donors (Lipinski definition) is 1. The van der Waals surface area contributed by atoms with Crippen LogP contribution < -0.4 is 5.73 Å². The van der Waals surface area contributed by atoms with Gasteiger partial charge in [-0.25, -0.2) is 0 Å². The summed E-state index contributed by atoms with van der Waals surface area (Å²) < 4.78 is 5.04. The number of carbonyl (C=O) groups excluding carboxylic acids is 1. The molecular weight excluding hydrogens is 312 g/mol. The van der Waals surface area contributed by atoms with Gasteiger partial charge in [0.25, 0.3) is 0 Å². The van der Waals surface area contributed by atoms with E-state index in [2.05, 4.69) is 43.5 Å². The highest BCUT2D eigenvalue weighted by Gasteiger charge is 2.51. The van der Waals surface area contributed by atoms with Crippen LogP contribution in [0.25, 0.3) is 5.57 Å². The molecule has 0 radical (unpaired) electrons. The molecule has 4 nitrogen and oxygen atoms in total. The Hall–Kier alpha value is -1.91. The zero-order valence-corrected chi connectivity index (χ0v) is 15.4. The average molecular weight is 340 g/mol. The van der Waals surface area contributed by atoms with Gasteiger partial charge in [0.15, 0.2) is 0 Å². The van der Waals surface area contributed by atoms with Gasteiger partial charge in [0.2, 0.25) is 0 Å². The highest BCUT2D eigenvalue weighted by Crippen LogP contribution is 2.46. The molecule has 3 rings (SSSR count). The Kier molecular flexibility index (Phi) is 4.85. The molecule has 1 saturated heterocycles. The standard InChI is InChI=1S/C21H28N2O2/c1-14(2)10-19(20(24)25-4)23-12-17-11-18(15(3)21(17,22)13-23)16-8-6-5-7-9-16/h5-9,11,14,17,19H,3,10,12-13,22H2,1-2,4H3. The number of methoxy groups -OCH3 is 1. The molecule has 3 unspecified atom stereocenters. The number of ether oxygens (including phenoxy) is 1. The van der Waals surface area contributed by atoms with Gasteiger partial charge in [-0.05, 0) is 29.0 Å². The minimum absolute atomic E-state index is 0.171. The Morgan fingerprint density at radius 1 is 1.40 bits per heavy atom. The molecule has 0 saturated carbocycles. The maximum Gasteiger partial charge on any atom is 0.323 e. The zero-order chi connectivity index (χ0) is 18.2. The molecule has 1 aromatic rings. The van der Waals surface area contributed by atoms with Gasteiger partial charge in [-0.2, -0.15) is 0 Å². The summed E-state index contributed by atoms with van der Waals surface area (Å²) in [6.45, 7) is 9.95. The molecule has 1 heterocycles. The summed E-state index contributed by atoms with van der Waals surface area (Å²) >= 11 is 0. The molecule has 134 valence electrons. The predicted octanol–water partition coefficient (Wildman–Crippen LogP) is 2.86. The van der Waals surface area contributed by atoms with Crippen molar-refractivity contribution in [3.8, 4) is 0 Å². The van der Waals surface area contributed by atoms with E-state index < -0.39 is 5.54 Å². The number of carbonyl (C=O) groups is 1. The highest BCUT2D eigenvalue weighted by atomic mass is 16.5. The third kappa shape index (κ3) is 3.16. The van der Waals surface area contributed by atoms with Crippen molar-refractivity contribution in [2.75, 3.05) is 20.2 Å². The predicted molar refractivity (Wildman–Crippen MR) is 101 cm³/mol. The maximum absolute atomic E-state index is 12.3. The lowest BCUT2D eigenvalue weighted by Crippen LogP contribution is -2.49. The summed E-state index contributed by atoms with van der Waals surface area (Å²) in [7, 11) is 1.46. The largest absolute Gasteiger partial charge is 0.468 e. The van der Waals surface area contributed by atoms with Gasteiger partial charge in [-0.15, -0.1) is 0 Å². The number of hydrogen-bond acceptors (Lipinski definition) is 4. The molecule has 0 aromatic heterocycles. The van der Waals surface area contributed by atoms with Crippen LogP contribution in [0.1, 0.15) is 25.8 Å². The fraction of sp³-hybridized carbons (Fsp3) is 0.476. The van der Waals surface area contributed by atoms with E-state index in [9.17, 15) is 4.79 Å². The molecule has 1 aliphatic carbocycles. The SMILES string of the molecule is C=C1C(c2ccccc2)=CC2CN(C(CC(C)C)C(=O)OC)CC12N. The minimum atomic E-state index is -0.506. The quantitative estimate of drug-likeness (QED) is 0.838. The first-order valence-electron chi connectivity index (χ1n) is 8.94. The number of nitrogens with zero attached hydrogens (tertiary/aromatic N) is 1. The van der Waals surface area contributed by atoms with Gasteiger partial charge >= 0.3 is 5.97 Å². The fourth-order valence-corrected chi connectivity index (χ4v) is 4.11. The third-order valence-corrected chi connectivity index (χ3v) is 5.51. The van der Waals surface area contributed by atoms with Crippen molar-refractivity contribution in [3.63, 3.8) is 0 Å². The summed E-state index contributed by atoms with van der Waals surface area (Å²) in [5, 5.41) is 0. The smallest absolute Gasteiger partial charge is 0.323 e. The Balaban J connectivity index is 1.85. The van der Waals surface area contributed by atoms with Crippen LogP contribution in [0.5, 0.6) is 0 Å². The molecule has 1 fully saturated rings. The van der Waals surface area contributed by atoms with Gasteiger partial charge < -0.3 is 10.5 Å². The maximum atomic E-state index is 12.3. The lowest BCUT2D eigenvalue weighted by atomic mass is 9.86. The van der Waals surface area contributed by atoms with Crippen LogP contribution in [0.4, 0.5) is 0 Å². The zero-order valence-electron chi connectivity index (χ0n) is 15.4. The second-order valence-corrected chi connectivity index (χ2v) is 7.67. The van der Waals surface area contributed by atoms with E-state index in [0.717, 1.165) is 29.7 Å². The van der Waals surface area contributed by atoms with Crippen molar-refractivity contribution in [1.82, 2.24) is 4.90 Å². The summed E-state index contributed by atoms with van der Waals surface area (Å²) in [5.74, 6) is 0.418. The molecule has 0 amide bonds. The summed E-state index contributed by atoms with van der Waals surface area (Å²) in [6.07, 6.45) is 3.01. The third-order valence-electron chi connectivity index (χ3n) is 5.51. The first kappa shape index (κ1) is 17.9. The van der Waals surface area contributed by atoms with E-state index in [4.69, 9.17) is 10.5 Å². The number of likely N-dealkylation sites (tertiary alicyclic amines) is 1. The van der Waals surface area contributed by atoms with Crippen molar-refractivity contribution in [1.29, 1.82) is 0 Å². The van der Waals surface area contributed by atoms with E-state index in [0.29, 0.717) is 12.5 Å². The monoisotopic (exact) mass is 340 g/mol. The van der Waals surface area contributed by atoms with Crippen molar-refractivity contribution in [3.05, 3.63) is 54.1 Å². The first-order chi connectivity index (χ1) is 11.9. The van der Waals surface area contributed by atoms with Crippen LogP contribution in [0.15, 0.2) is 48.6 Å². The normalized spacial score (nSPS) is 27.3. The number of benzene rings is 1. The van der Waals surface area contributed by atoms with E-state index in [1.807, 2.05) is 18.2 Å². The van der Waals surface area contributed by atoms with Crippen LogP contribution in [0, 0.1) is 11.8 Å². The van der Waals surface area contributed by atoms with E-state index in [1.54, 1.807) is 0 Å². The highest BCUT2D eigenvalue weighted by molar-refractivity contribution is 5.85. The molecule has 1 aromatic carbocycles. The average Bonchev–Trinajstić information content (AvgIpc) is 3.05. The Morgan fingerprint density at radius 2 is 2.08 bits per heavy atom. The summed E-state index contributed by atoms with van der Waals surface area (Å²) in [4.78, 5) is 14.5. The Labute approximate surface area is 150 Å². The molecule has 0 bridgehead atoms. The summed E-state index contributed by atoms with van der Waals surface area (Å²) in [5.41, 5.74) is 9.56. The van der Waals surface area contributed by atoms with Crippen molar-refractivity contribution < 1.29 is 9.53 Å². The lowest BCUT2D eigenvalue weighted by Gasteiger charge is -2.30. The number of esters is 1. The lowest BCUT2D eigenvalue weighted by molar-refractivity contribution is -0.147. The van der Waals surface area contributed by atoms with Crippen LogP contribution >= 0.6 is 0 Å². The number of rotatable bonds is 5. The Bertz CT molecular complexity index is 695. The van der Waals surface area contributed by atoms with Gasteiger partial charge in [-0.1, -0.05) is 56.8 Å². The van der Waals surface area contributed by atoms with E-state index >= 15 is 0 Å². The van der Waals surface area contributed by atoms with Crippen molar-refractivity contribution >= 4 is 11.5 Å². The molecule has 2 aliphatic rings. The summed E-state index contributed by atoms with van der Waals surface area (Å²) in [6, 6.07) is 10.0. The number of nitrogens with two attached hydrogens (primary N) is 1. The topological polar surface area (TPSA) is 55.6 Å². The molecule has 0 spiro atoms. The van der Waals surface area contributed by atoms with Gasteiger partial charge in [0, 0.05) is 19.0 Å².